The highest BCUT2D eigenvalue weighted by atomic mass is 16.5. The first-order valence-corrected chi connectivity index (χ1v) is 8.12. The van der Waals surface area contributed by atoms with Gasteiger partial charge in [0.05, 0.1) is 31.6 Å². The van der Waals surface area contributed by atoms with Gasteiger partial charge in [0.25, 0.3) is 5.91 Å². The van der Waals surface area contributed by atoms with Gasteiger partial charge in [-0.1, -0.05) is 12.1 Å². The number of para-hydroxylation sites is 1. The SMILES string of the molecule is O=C(OCC(=O)N1CCOCC1)c1ccccc1NCc1ccco1. The summed E-state index contributed by atoms with van der Waals surface area (Å²) in [6.07, 6.45) is 1.59. The summed E-state index contributed by atoms with van der Waals surface area (Å²) in [5.74, 6) is 0.00694. The fourth-order valence-corrected chi connectivity index (χ4v) is 2.52. The largest absolute Gasteiger partial charge is 0.467 e. The molecule has 2 aromatic rings. The molecule has 0 saturated carbocycles. The summed E-state index contributed by atoms with van der Waals surface area (Å²) in [4.78, 5) is 26.0. The van der Waals surface area contributed by atoms with E-state index in [1.54, 1.807) is 35.4 Å². The summed E-state index contributed by atoms with van der Waals surface area (Å²) < 4.78 is 15.6. The molecule has 1 aromatic heterocycles. The second-order valence-electron chi connectivity index (χ2n) is 5.55. The molecule has 1 aliphatic heterocycles. The first kappa shape index (κ1) is 17.0. The van der Waals surface area contributed by atoms with Crippen molar-refractivity contribution in [2.24, 2.45) is 0 Å². The van der Waals surface area contributed by atoms with Crippen LogP contribution in [0.3, 0.4) is 0 Å². The molecule has 1 N–H and O–H groups in total. The highest BCUT2D eigenvalue weighted by Gasteiger charge is 2.19. The number of rotatable bonds is 6. The molecule has 0 bridgehead atoms. The number of esters is 1. The zero-order valence-corrected chi connectivity index (χ0v) is 13.8. The number of ether oxygens (including phenoxy) is 2. The fraction of sp³-hybridized carbons (Fsp3) is 0.333. The molecule has 7 nitrogen and oxygen atoms in total. The number of nitrogens with zero attached hydrogens (tertiary/aromatic N) is 1. The third-order valence-corrected chi connectivity index (χ3v) is 3.87. The van der Waals surface area contributed by atoms with E-state index in [0.29, 0.717) is 44.1 Å². The van der Waals surface area contributed by atoms with Gasteiger partial charge >= 0.3 is 5.97 Å². The van der Waals surface area contributed by atoms with Gasteiger partial charge in [-0.05, 0) is 24.3 Å². The zero-order valence-electron chi connectivity index (χ0n) is 13.8. The highest BCUT2D eigenvalue weighted by molar-refractivity contribution is 5.96. The van der Waals surface area contributed by atoms with E-state index in [-0.39, 0.29) is 12.5 Å². The van der Waals surface area contributed by atoms with Gasteiger partial charge < -0.3 is 24.1 Å². The summed E-state index contributed by atoms with van der Waals surface area (Å²) in [7, 11) is 0. The molecule has 132 valence electrons. The van der Waals surface area contributed by atoms with Crippen LogP contribution in [-0.2, 0) is 20.8 Å². The van der Waals surface area contributed by atoms with Crippen LogP contribution < -0.4 is 5.32 Å². The van der Waals surface area contributed by atoms with Crippen LogP contribution in [0, 0.1) is 0 Å². The summed E-state index contributed by atoms with van der Waals surface area (Å²) in [5, 5.41) is 3.14. The molecule has 1 saturated heterocycles. The Morgan fingerprint density at radius 1 is 1.12 bits per heavy atom. The predicted octanol–water partition coefficient (Wildman–Crippen LogP) is 1.91. The summed E-state index contributed by atoms with van der Waals surface area (Å²) in [6.45, 7) is 2.25. The molecule has 2 heterocycles. The Morgan fingerprint density at radius 3 is 2.68 bits per heavy atom. The minimum atomic E-state index is -0.538. The van der Waals surface area contributed by atoms with Crippen LogP contribution in [0.4, 0.5) is 5.69 Å². The number of carbonyl (C=O) groups excluding carboxylic acids is 2. The van der Waals surface area contributed by atoms with Crippen molar-refractivity contribution in [1.82, 2.24) is 4.90 Å². The Hall–Kier alpha value is -2.80. The second-order valence-corrected chi connectivity index (χ2v) is 5.55. The number of carbonyl (C=O) groups is 2. The Bertz CT molecular complexity index is 708. The first-order chi connectivity index (χ1) is 12.2. The monoisotopic (exact) mass is 344 g/mol. The van der Waals surface area contributed by atoms with E-state index in [1.165, 1.54) is 0 Å². The van der Waals surface area contributed by atoms with Gasteiger partial charge in [-0.2, -0.15) is 0 Å². The van der Waals surface area contributed by atoms with Gasteiger partial charge in [0.2, 0.25) is 0 Å². The molecule has 1 aromatic carbocycles. The van der Waals surface area contributed by atoms with Crippen molar-refractivity contribution in [1.29, 1.82) is 0 Å². The molecule has 0 aliphatic carbocycles. The standard InChI is InChI=1S/C18H20N2O5/c21-17(20-7-10-23-11-8-20)13-25-18(22)15-5-1-2-6-16(15)19-12-14-4-3-9-24-14/h1-6,9,19H,7-8,10-13H2. The van der Waals surface area contributed by atoms with Crippen LogP contribution in [0.1, 0.15) is 16.1 Å². The van der Waals surface area contributed by atoms with E-state index in [4.69, 9.17) is 13.9 Å². The van der Waals surface area contributed by atoms with Crippen molar-refractivity contribution < 1.29 is 23.5 Å². The number of benzene rings is 1. The van der Waals surface area contributed by atoms with E-state index < -0.39 is 5.97 Å². The maximum Gasteiger partial charge on any atom is 0.340 e. The molecular formula is C18H20N2O5. The molecular weight excluding hydrogens is 324 g/mol. The lowest BCUT2D eigenvalue weighted by atomic mass is 10.2. The third-order valence-electron chi connectivity index (χ3n) is 3.87. The summed E-state index contributed by atoms with van der Waals surface area (Å²) in [5.41, 5.74) is 1.01. The van der Waals surface area contributed by atoms with Crippen molar-refractivity contribution >= 4 is 17.6 Å². The van der Waals surface area contributed by atoms with Crippen molar-refractivity contribution in [3.05, 3.63) is 54.0 Å². The molecule has 7 heteroatoms. The van der Waals surface area contributed by atoms with E-state index in [1.807, 2.05) is 12.1 Å². The number of hydrogen-bond donors (Lipinski definition) is 1. The van der Waals surface area contributed by atoms with Crippen molar-refractivity contribution in [2.45, 2.75) is 6.54 Å². The molecule has 3 rings (SSSR count). The van der Waals surface area contributed by atoms with Crippen LogP contribution in [0.2, 0.25) is 0 Å². The number of nitrogens with one attached hydrogen (secondary N) is 1. The molecule has 1 fully saturated rings. The van der Waals surface area contributed by atoms with Crippen LogP contribution >= 0.6 is 0 Å². The summed E-state index contributed by atoms with van der Waals surface area (Å²) >= 11 is 0. The second kappa shape index (κ2) is 8.34. The van der Waals surface area contributed by atoms with Crippen molar-refractivity contribution in [3.63, 3.8) is 0 Å². The number of anilines is 1. The molecule has 0 unspecified atom stereocenters. The molecule has 0 radical (unpaired) electrons. The normalized spacial score (nSPS) is 14.2. The van der Waals surface area contributed by atoms with E-state index in [9.17, 15) is 9.59 Å². The van der Waals surface area contributed by atoms with Crippen LogP contribution in [0.25, 0.3) is 0 Å². The molecule has 25 heavy (non-hydrogen) atoms. The van der Waals surface area contributed by atoms with Gasteiger partial charge in [-0.25, -0.2) is 4.79 Å². The summed E-state index contributed by atoms with van der Waals surface area (Å²) in [6, 6.07) is 10.7. The lowest BCUT2D eigenvalue weighted by molar-refractivity contribution is -0.138. The average Bonchev–Trinajstić information content (AvgIpc) is 3.18. The highest BCUT2D eigenvalue weighted by Crippen LogP contribution is 2.17. The lowest BCUT2D eigenvalue weighted by Gasteiger charge is -2.26. The fourth-order valence-electron chi connectivity index (χ4n) is 2.52. The van der Waals surface area contributed by atoms with Crippen LogP contribution in [-0.4, -0.2) is 49.7 Å². The van der Waals surface area contributed by atoms with E-state index in [2.05, 4.69) is 5.32 Å². The maximum absolute atomic E-state index is 12.3. The van der Waals surface area contributed by atoms with Gasteiger partial charge in [0, 0.05) is 18.8 Å². The minimum Gasteiger partial charge on any atom is -0.467 e. The first-order valence-electron chi connectivity index (χ1n) is 8.12. The topological polar surface area (TPSA) is 81.0 Å². The molecule has 0 atom stereocenters. The number of amides is 1. The Morgan fingerprint density at radius 2 is 1.92 bits per heavy atom. The number of hydrogen-bond acceptors (Lipinski definition) is 6. The van der Waals surface area contributed by atoms with Crippen molar-refractivity contribution in [2.75, 3.05) is 38.2 Å². The van der Waals surface area contributed by atoms with Gasteiger partial charge in [-0.3, -0.25) is 4.79 Å². The number of furan rings is 1. The Balaban J connectivity index is 1.56. The predicted molar refractivity (Wildman–Crippen MR) is 90.2 cm³/mol. The van der Waals surface area contributed by atoms with Gasteiger partial charge in [-0.15, -0.1) is 0 Å². The smallest absolute Gasteiger partial charge is 0.340 e. The zero-order chi connectivity index (χ0) is 17.5. The van der Waals surface area contributed by atoms with Gasteiger partial charge in [0.1, 0.15) is 5.76 Å². The van der Waals surface area contributed by atoms with Crippen LogP contribution in [0.15, 0.2) is 47.1 Å². The van der Waals surface area contributed by atoms with Gasteiger partial charge in [0.15, 0.2) is 6.61 Å². The Labute approximate surface area is 145 Å². The average molecular weight is 344 g/mol. The Kier molecular flexibility index (Phi) is 5.69. The minimum absolute atomic E-state index is 0.210. The maximum atomic E-state index is 12.3. The number of morpholine rings is 1. The molecule has 0 spiro atoms. The molecule has 1 aliphatic rings. The molecule has 1 amide bonds. The van der Waals surface area contributed by atoms with Crippen molar-refractivity contribution in [3.8, 4) is 0 Å². The van der Waals surface area contributed by atoms with Crippen LogP contribution in [0.5, 0.6) is 0 Å². The van der Waals surface area contributed by atoms with E-state index >= 15 is 0 Å². The van der Waals surface area contributed by atoms with E-state index in [0.717, 1.165) is 5.76 Å². The quantitative estimate of drug-likeness (QED) is 0.806. The third kappa shape index (κ3) is 4.60. The lowest BCUT2D eigenvalue weighted by Crippen LogP contribution is -2.42.